The molecule has 0 saturated heterocycles. The van der Waals surface area contributed by atoms with E-state index in [1.807, 2.05) is 11.4 Å². The number of guanidine groups is 1. The van der Waals surface area contributed by atoms with E-state index in [9.17, 15) is 4.79 Å². The van der Waals surface area contributed by atoms with Crippen molar-refractivity contribution in [3.8, 4) is 11.3 Å². The van der Waals surface area contributed by atoms with E-state index in [1.54, 1.807) is 18.2 Å². The van der Waals surface area contributed by atoms with E-state index in [0.717, 1.165) is 5.56 Å². The van der Waals surface area contributed by atoms with Crippen molar-refractivity contribution in [2.24, 2.45) is 5.73 Å². The van der Waals surface area contributed by atoms with Crippen LogP contribution in [0.1, 0.15) is 10.4 Å². The summed E-state index contributed by atoms with van der Waals surface area (Å²) in [4.78, 5) is 15.7. The largest absolute Gasteiger partial charge is 0.465 e. The highest BCUT2D eigenvalue weighted by Crippen LogP contribution is 2.25. The number of anilines is 1. The summed E-state index contributed by atoms with van der Waals surface area (Å²) in [5.41, 5.74) is 7.21. The summed E-state index contributed by atoms with van der Waals surface area (Å²) in [5.74, 6) is -0.552. The highest BCUT2D eigenvalue weighted by molar-refractivity contribution is 7.14. The summed E-state index contributed by atoms with van der Waals surface area (Å²) in [7, 11) is 1.34. The van der Waals surface area contributed by atoms with Crippen molar-refractivity contribution in [1.82, 2.24) is 4.98 Å². The first-order chi connectivity index (χ1) is 9.10. The number of hydrogen-bond acceptors (Lipinski definition) is 5. The second-order valence-electron chi connectivity index (χ2n) is 3.65. The minimum absolute atomic E-state index is 0.163. The fraction of sp³-hybridized carbons (Fsp3) is 0.0833. The molecule has 0 radical (unpaired) electrons. The Morgan fingerprint density at radius 1 is 1.53 bits per heavy atom. The number of hydrogen-bond donors (Lipinski definition) is 3. The molecule has 0 atom stereocenters. The first kappa shape index (κ1) is 13.0. The van der Waals surface area contributed by atoms with Gasteiger partial charge in [-0.2, -0.15) is 0 Å². The van der Waals surface area contributed by atoms with Crippen molar-refractivity contribution in [3.63, 3.8) is 0 Å². The lowest BCUT2D eigenvalue weighted by molar-refractivity contribution is 0.0601. The van der Waals surface area contributed by atoms with E-state index in [4.69, 9.17) is 11.1 Å². The summed E-state index contributed by atoms with van der Waals surface area (Å²) in [5, 5.41) is 12.1. The molecule has 19 heavy (non-hydrogen) atoms. The number of nitrogens with zero attached hydrogens (tertiary/aromatic N) is 1. The SMILES string of the molecule is COC(=O)c1cccc(-c2csc(NC(=N)N)n2)c1. The summed E-state index contributed by atoms with van der Waals surface area (Å²) < 4.78 is 4.67. The number of nitrogens with one attached hydrogen (secondary N) is 2. The minimum Gasteiger partial charge on any atom is -0.465 e. The molecule has 0 amide bonds. The van der Waals surface area contributed by atoms with Gasteiger partial charge in [0.1, 0.15) is 0 Å². The van der Waals surface area contributed by atoms with E-state index < -0.39 is 0 Å². The van der Waals surface area contributed by atoms with Gasteiger partial charge in [-0.1, -0.05) is 12.1 Å². The number of nitrogens with two attached hydrogens (primary N) is 1. The van der Waals surface area contributed by atoms with Crippen molar-refractivity contribution in [3.05, 3.63) is 35.2 Å². The molecule has 0 aliphatic carbocycles. The number of methoxy groups -OCH3 is 1. The zero-order chi connectivity index (χ0) is 13.8. The molecule has 0 saturated carbocycles. The van der Waals surface area contributed by atoms with Crippen molar-refractivity contribution >= 4 is 28.4 Å². The van der Waals surface area contributed by atoms with Crippen LogP contribution in [0.4, 0.5) is 5.13 Å². The van der Waals surface area contributed by atoms with Crippen molar-refractivity contribution in [1.29, 1.82) is 5.41 Å². The highest BCUT2D eigenvalue weighted by Gasteiger charge is 2.09. The van der Waals surface area contributed by atoms with E-state index >= 15 is 0 Å². The second-order valence-corrected chi connectivity index (χ2v) is 4.51. The number of benzene rings is 1. The molecule has 0 aliphatic heterocycles. The number of ether oxygens (including phenoxy) is 1. The maximum absolute atomic E-state index is 11.5. The molecule has 2 aromatic rings. The molecule has 0 fully saturated rings. The van der Waals surface area contributed by atoms with E-state index in [1.165, 1.54) is 18.4 Å². The molecule has 0 unspecified atom stereocenters. The van der Waals surface area contributed by atoms with Crippen LogP contribution in [0.5, 0.6) is 0 Å². The van der Waals surface area contributed by atoms with Crippen LogP contribution < -0.4 is 11.1 Å². The van der Waals surface area contributed by atoms with Crippen molar-refractivity contribution < 1.29 is 9.53 Å². The van der Waals surface area contributed by atoms with Crippen molar-refractivity contribution in [2.75, 3.05) is 12.4 Å². The molecule has 4 N–H and O–H groups in total. The average Bonchev–Trinajstić information content (AvgIpc) is 2.85. The van der Waals surface area contributed by atoms with Gasteiger partial charge in [-0.05, 0) is 12.1 Å². The van der Waals surface area contributed by atoms with Crippen LogP contribution in [-0.2, 0) is 4.74 Å². The maximum atomic E-state index is 11.5. The van der Waals surface area contributed by atoms with Crippen LogP contribution in [0, 0.1) is 5.41 Å². The Hall–Kier alpha value is -2.41. The number of carbonyl (C=O) groups is 1. The number of carbonyl (C=O) groups excluding carboxylic acids is 1. The minimum atomic E-state index is -0.390. The molecule has 0 spiro atoms. The first-order valence-corrected chi connectivity index (χ1v) is 6.23. The third-order valence-electron chi connectivity index (χ3n) is 2.33. The molecular weight excluding hydrogens is 264 g/mol. The Morgan fingerprint density at radius 3 is 3.00 bits per heavy atom. The van der Waals surface area contributed by atoms with Gasteiger partial charge >= 0.3 is 5.97 Å². The van der Waals surface area contributed by atoms with Gasteiger partial charge in [-0.15, -0.1) is 11.3 Å². The molecule has 6 nitrogen and oxygen atoms in total. The predicted octanol–water partition coefficient (Wildman–Crippen LogP) is 1.90. The highest BCUT2D eigenvalue weighted by atomic mass is 32.1. The van der Waals surface area contributed by atoms with Gasteiger partial charge in [-0.3, -0.25) is 5.41 Å². The molecule has 0 bridgehead atoms. The number of rotatable bonds is 3. The number of thiazole rings is 1. The summed E-state index contributed by atoms with van der Waals surface area (Å²) in [6.07, 6.45) is 0. The zero-order valence-electron chi connectivity index (χ0n) is 10.1. The van der Waals surface area contributed by atoms with Gasteiger partial charge in [0.05, 0.1) is 18.4 Å². The Labute approximate surface area is 113 Å². The van der Waals surface area contributed by atoms with Gasteiger partial charge in [0.15, 0.2) is 11.1 Å². The Balaban J connectivity index is 2.29. The Kier molecular flexibility index (Phi) is 3.76. The maximum Gasteiger partial charge on any atom is 0.337 e. The van der Waals surface area contributed by atoms with Gasteiger partial charge < -0.3 is 15.8 Å². The summed E-state index contributed by atoms with van der Waals surface area (Å²) in [6.45, 7) is 0. The van der Waals surface area contributed by atoms with Crippen LogP contribution >= 0.6 is 11.3 Å². The molecule has 7 heteroatoms. The smallest absolute Gasteiger partial charge is 0.337 e. The topological polar surface area (TPSA) is 101 Å². The van der Waals surface area contributed by atoms with Gasteiger partial charge in [-0.25, -0.2) is 9.78 Å². The van der Waals surface area contributed by atoms with Gasteiger partial charge in [0, 0.05) is 10.9 Å². The third-order valence-corrected chi connectivity index (χ3v) is 3.08. The van der Waals surface area contributed by atoms with Crippen LogP contribution in [0.15, 0.2) is 29.6 Å². The number of aromatic nitrogens is 1. The molecule has 1 aromatic carbocycles. The van der Waals surface area contributed by atoms with Gasteiger partial charge in [0.2, 0.25) is 0 Å². The van der Waals surface area contributed by atoms with Crippen LogP contribution in [0.2, 0.25) is 0 Å². The third kappa shape index (κ3) is 3.08. The molecular formula is C12H12N4O2S. The van der Waals surface area contributed by atoms with Crippen LogP contribution in [0.3, 0.4) is 0 Å². The van der Waals surface area contributed by atoms with Crippen molar-refractivity contribution in [2.45, 2.75) is 0 Å². The van der Waals surface area contributed by atoms with Crippen LogP contribution in [0.25, 0.3) is 11.3 Å². The molecule has 1 aromatic heterocycles. The van der Waals surface area contributed by atoms with E-state index in [2.05, 4.69) is 15.0 Å². The summed E-state index contributed by atoms with van der Waals surface area (Å²) in [6, 6.07) is 6.99. The fourth-order valence-corrected chi connectivity index (χ4v) is 2.23. The Morgan fingerprint density at radius 2 is 2.32 bits per heavy atom. The molecule has 0 aliphatic rings. The normalized spacial score (nSPS) is 9.95. The lowest BCUT2D eigenvalue weighted by Gasteiger charge is -2.01. The monoisotopic (exact) mass is 276 g/mol. The van der Waals surface area contributed by atoms with Gasteiger partial charge in [0.25, 0.3) is 0 Å². The fourth-order valence-electron chi connectivity index (χ4n) is 1.50. The Bertz CT molecular complexity index is 624. The standard InChI is InChI=1S/C12H12N4O2S/c1-18-10(17)8-4-2-3-7(5-8)9-6-19-12(15-9)16-11(13)14/h2-6H,1H3,(H4,13,14,15,16). The predicted molar refractivity (Wildman–Crippen MR) is 74.4 cm³/mol. The zero-order valence-corrected chi connectivity index (χ0v) is 11.0. The van der Waals surface area contributed by atoms with E-state index in [0.29, 0.717) is 16.4 Å². The lowest BCUT2D eigenvalue weighted by atomic mass is 10.1. The quantitative estimate of drug-likeness (QED) is 0.451. The number of esters is 1. The molecule has 2 rings (SSSR count). The van der Waals surface area contributed by atoms with E-state index in [-0.39, 0.29) is 11.9 Å². The average molecular weight is 276 g/mol. The first-order valence-electron chi connectivity index (χ1n) is 5.35. The second kappa shape index (κ2) is 5.49. The van der Waals surface area contributed by atoms with Crippen LogP contribution in [-0.4, -0.2) is 24.0 Å². The summed E-state index contributed by atoms with van der Waals surface area (Å²) >= 11 is 1.33. The lowest BCUT2D eigenvalue weighted by Crippen LogP contribution is -2.20. The molecule has 1 heterocycles. The molecule has 98 valence electrons.